The molecule has 2 rings (SSSR count). The second-order valence-electron chi connectivity index (χ2n) is 5.75. The van der Waals surface area contributed by atoms with Crippen molar-refractivity contribution in [1.82, 2.24) is 4.90 Å². The molecule has 0 bridgehead atoms. The number of hydrogen-bond donors (Lipinski definition) is 1. The van der Waals surface area contributed by atoms with Crippen LogP contribution in [0.2, 0.25) is 0 Å². The maximum atomic E-state index is 5.67. The Morgan fingerprint density at radius 2 is 1.72 bits per heavy atom. The van der Waals surface area contributed by atoms with Gasteiger partial charge in [0.05, 0.1) is 0 Å². The summed E-state index contributed by atoms with van der Waals surface area (Å²) in [5.74, 6) is 0.817. The summed E-state index contributed by atoms with van der Waals surface area (Å²) in [6.45, 7) is 0.635. The van der Waals surface area contributed by atoms with Gasteiger partial charge in [-0.15, -0.1) is 0 Å². The van der Waals surface area contributed by atoms with Crippen LogP contribution in [0.4, 0.5) is 0 Å². The molecule has 0 radical (unpaired) electrons. The number of benzene rings is 1. The van der Waals surface area contributed by atoms with Gasteiger partial charge in [0.25, 0.3) is 0 Å². The van der Waals surface area contributed by atoms with Gasteiger partial charge in [-0.25, -0.2) is 0 Å². The maximum absolute atomic E-state index is 5.67. The molecular weight excluding hydrogens is 220 g/mol. The standard InChI is InChI=1S/C16H26N2/c1-18(2)16(14-6-4-3-5-7-14)15-10-8-13(12-17)9-11-15/h8-11,14,16H,3-7,12,17H2,1-2H3. The third-order valence-corrected chi connectivity index (χ3v) is 4.21. The van der Waals surface area contributed by atoms with Crippen molar-refractivity contribution in [2.75, 3.05) is 14.1 Å². The summed E-state index contributed by atoms with van der Waals surface area (Å²) >= 11 is 0. The first-order chi connectivity index (χ1) is 8.72. The third-order valence-electron chi connectivity index (χ3n) is 4.21. The van der Waals surface area contributed by atoms with E-state index in [1.54, 1.807) is 0 Å². The lowest BCUT2D eigenvalue weighted by molar-refractivity contribution is 0.171. The van der Waals surface area contributed by atoms with Gasteiger partial charge in [-0.1, -0.05) is 43.5 Å². The van der Waals surface area contributed by atoms with Gasteiger partial charge in [-0.3, -0.25) is 0 Å². The van der Waals surface area contributed by atoms with Crippen molar-refractivity contribution in [3.63, 3.8) is 0 Å². The van der Waals surface area contributed by atoms with Crippen molar-refractivity contribution in [3.8, 4) is 0 Å². The Morgan fingerprint density at radius 3 is 2.22 bits per heavy atom. The lowest BCUT2D eigenvalue weighted by Gasteiger charge is -2.35. The van der Waals surface area contributed by atoms with Crippen molar-refractivity contribution < 1.29 is 0 Å². The molecule has 0 spiro atoms. The molecule has 0 heterocycles. The van der Waals surface area contributed by atoms with E-state index >= 15 is 0 Å². The van der Waals surface area contributed by atoms with Gasteiger partial charge in [0.2, 0.25) is 0 Å². The zero-order valence-electron chi connectivity index (χ0n) is 11.7. The molecule has 0 amide bonds. The zero-order valence-corrected chi connectivity index (χ0v) is 11.7. The van der Waals surface area contributed by atoms with Crippen molar-refractivity contribution in [2.24, 2.45) is 11.7 Å². The minimum Gasteiger partial charge on any atom is -0.326 e. The minimum atomic E-state index is 0.567. The average Bonchev–Trinajstić information content (AvgIpc) is 2.40. The van der Waals surface area contributed by atoms with E-state index in [0.29, 0.717) is 12.6 Å². The Balaban J connectivity index is 2.17. The molecule has 18 heavy (non-hydrogen) atoms. The highest BCUT2D eigenvalue weighted by Crippen LogP contribution is 2.37. The van der Waals surface area contributed by atoms with E-state index < -0.39 is 0 Å². The zero-order chi connectivity index (χ0) is 13.0. The molecule has 1 aliphatic rings. The highest BCUT2D eigenvalue weighted by Gasteiger charge is 2.26. The van der Waals surface area contributed by atoms with E-state index in [0.717, 1.165) is 5.92 Å². The summed E-state index contributed by atoms with van der Waals surface area (Å²) in [7, 11) is 4.41. The van der Waals surface area contributed by atoms with Crippen LogP contribution in [0.5, 0.6) is 0 Å². The predicted molar refractivity (Wildman–Crippen MR) is 77.3 cm³/mol. The van der Waals surface area contributed by atoms with Crippen LogP contribution in [0.3, 0.4) is 0 Å². The number of nitrogens with two attached hydrogens (primary N) is 1. The summed E-state index contributed by atoms with van der Waals surface area (Å²) in [4.78, 5) is 2.38. The second-order valence-corrected chi connectivity index (χ2v) is 5.75. The van der Waals surface area contributed by atoms with Crippen LogP contribution in [0.25, 0.3) is 0 Å². The molecule has 0 saturated heterocycles. The maximum Gasteiger partial charge on any atom is 0.0370 e. The van der Waals surface area contributed by atoms with E-state index in [4.69, 9.17) is 5.73 Å². The largest absolute Gasteiger partial charge is 0.326 e. The van der Waals surface area contributed by atoms with E-state index in [9.17, 15) is 0 Å². The molecule has 1 aromatic rings. The Morgan fingerprint density at radius 1 is 1.11 bits per heavy atom. The van der Waals surface area contributed by atoms with E-state index in [1.165, 1.54) is 43.2 Å². The lowest BCUT2D eigenvalue weighted by Crippen LogP contribution is -2.28. The Kier molecular flexibility index (Phi) is 4.79. The Labute approximate surface area is 111 Å². The predicted octanol–water partition coefficient (Wildman–Crippen LogP) is 3.33. The fraction of sp³-hybridized carbons (Fsp3) is 0.625. The van der Waals surface area contributed by atoms with E-state index in [2.05, 4.69) is 43.3 Å². The smallest absolute Gasteiger partial charge is 0.0370 e. The molecule has 2 N–H and O–H groups in total. The van der Waals surface area contributed by atoms with Crippen LogP contribution in [0, 0.1) is 5.92 Å². The molecule has 1 unspecified atom stereocenters. The molecule has 100 valence electrons. The minimum absolute atomic E-state index is 0.567. The lowest BCUT2D eigenvalue weighted by atomic mass is 9.80. The molecule has 2 heteroatoms. The summed E-state index contributed by atoms with van der Waals surface area (Å²) in [5, 5.41) is 0. The van der Waals surface area contributed by atoms with Crippen LogP contribution < -0.4 is 5.73 Å². The highest BCUT2D eigenvalue weighted by molar-refractivity contribution is 5.25. The summed E-state index contributed by atoms with van der Waals surface area (Å²) < 4.78 is 0. The fourth-order valence-corrected chi connectivity index (χ4v) is 3.29. The summed E-state index contributed by atoms with van der Waals surface area (Å²) in [6, 6.07) is 9.45. The number of hydrogen-bond acceptors (Lipinski definition) is 2. The van der Waals surface area contributed by atoms with Gasteiger partial charge < -0.3 is 10.6 Å². The monoisotopic (exact) mass is 246 g/mol. The Bertz CT molecular complexity index is 350. The molecule has 1 aromatic carbocycles. The molecule has 0 aliphatic heterocycles. The van der Waals surface area contributed by atoms with Crippen LogP contribution in [0.1, 0.15) is 49.3 Å². The molecule has 0 aromatic heterocycles. The topological polar surface area (TPSA) is 29.3 Å². The van der Waals surface area contributed by atoms with Crippen LogP contribution in [0.15, 0.2) is 24.3 Å². The molecule has 1 atom stereocenters. The van der Waals surface area contributed by atoms with Crippen LogP contribution in [-0.2, 0) is 6.54 Å². The van der Waals surface area contributed by atoms with Gasteiger partial charge >= 0.3 is 0 Å². The molecule has 1 fully saturated rings. The van der Waals surface area contributed by atoms with Crippen molar-refractivity contribution in [1.29, 1.82) is 0 Å². The quantitative estimate of drug-likeness (QED) is 0.883. The number of rotatable bonds is 4. The SMILES string of the molecule is CN(C)C(c1ccc(CN)cc1)C1CCCCC1. The van der Waals surface area contributed by atoms with Crippen molar-refractivity contribution in [2.45, 2.75) is 44.7 Å². The average molecular weight is 246 g/mol. The molecular formula is C16H26N2. The normalized spacial score (nSPS) is 19.1. The van der Waals surface area contributed by atoms with Gasteiger partial charge in [-0.05, 0) is 44.0 Å². The third kappa shape index (κ3) is 3.12. The van der Waals surface area contributed by atoms with E-state index in [-0.39, 0.29) is 0 Å². The molecule has 2 nitrogen and oxygen atoms in total. The fourth-order valence-electron chi connectivity index (χ4n) is 3.29. The highest BCUT2D eigenvalue weighted by atomic mass is 15.1. The van der Waals surface area contributed by atoms with Crippen molar-refractivity contribution in [3.05, 3.63) is 35.4 Å². The van der Waals surface area contributed by atoms with Crippen LogP contribution in [-0.4, -0.2) is 19.0 Å². The first-order valence-electron chi connectivity index (χ1n) is 7.17. The number of nitrogens with zero attached hydrogens (tertiary/aromatic N) is 1. The molecule has 1 saturated carbocycles. The van der Waals surface area contributed by atoms with Crippen LogP contribution >= 0.6 is 0 Å². The molecule has 1 aliphatic carbocycles. The first kappa shape index (κ1) is 13.6. The first-order valence-corrected chi connectivity index (χ1v) is 7.17. The summed E-state index contributed by atoms with van der Waals surface area (Å²) in [5.41, 5.74) is 8.34. The van der Waals surface area contributed by atoms with Gasteiger partial charge in [-0.2, -0.15) is 0 Å². The summed E-state index contributed by atoms with van der Waals surface area (Å²) in [6.07, 6.45) is 6.97. The van der Waals surface area contributed by atoms with Gasteiger partial charge in [0.1, 0.15) is 0 Å². The van der Waals surface area contributed by atoms with E-state index in [1.807, 2.05) is 0 Å². The second kappa shape index (κ2) is 6.35. The van der Waals surface area contributed by atoms with Gasteiger partial charge in [0.15, 0.2) is 0 Å². The Hall–Kier alpha value is -0.860. The van der Waals surface area contributed by atoms with Crippen molar-refractivity contribution >= 4 is 0 Å². The van der Waals surface area contributed by atoms with Gasteiger partial charge in [0, 0.05) is 12.6 Å².